The monoisotopic (exact) mass is 302 g/mol. The lowest BCUT2D eigenvalue weighted by Crippen LogP contribution is -2.41. The maximum absolute atomic E-state index is 12.5. The standard InChI is InChI=1S/C14H20F2N2O3/c1-9(13(19)18(2)3)17-8-10-6-5-7-11(20-4)12(10)21-14(15)16/h5-7,9,14,17H,8H2,1-4H3. The molecule has 21 heavy (non-hydrogen) atoms. The summed E-state index contributed by atoms with van der Waals surface area (Å²) >= 11 is 0. The number of methoxy groups -OCH3 is 1. The van der Waals surface area contributed by atoms with Crippen molar-refractivity contribution < 1.29 is 23.0 Å². The number of para-hydroxylation sites is 1. The van der Waals surface area contributed by atoms with Gasteiger partial charge in [0.05, 0.1) is 13.2 Å². The first-order valence-corrected chi connectivity index (χ1v) is 6.42. The van der Waals surface area contributed by atoms with E-state index in [0.29, 0.717) is 5.56 Å². The van der Waals surface area contributed by atoms with Gasteiger partial charge < -0.3 is 19.7 Å². The molecule has 7 heteroatoms. The molecule has 1 amide bonds. The smallest absolute Gasteiger partial charge is 0.387 e. The summed E-state index contributed by atoms with van der Waals surface area (Å²) in [6, 6.07) is 4.41. The summed E-state index contributed by atoms with van der Waals surface area (Å²) in [5.41, 5.74) is 0.494. The van der Waals surface area contributed by atoms with Crippen LogP contribution < -0.4 is 14.8 Å². The summed E-state index contributed by atoms with van der Waals surface area (Å²) in [4.78, 5) is 13.2. The van der Waals surface area contributed by atoms with Gasteiger partial charge in [-0.2, -0.15) is 8.78 Å². The summed E-state index contributed by atoms with van der Waals surface area (Å²) in [7, 11) is 4.68. The van der Waals surface area contributed by atoms with Crippen molar-refractivity contribution in [2.75, 3.05) is 21.2 Å². The number of nitrogens with zero attached hydrogens (tertiary/aromatic N) is 1. The summed E-state index contributed by atoms with van der Waals surface area (Å²) in [5, 5.41) is 2.97. The van der Waals surface area contributed by atoms with Crippen LogP contribution in [0.2, 0.25) is 0 Å². The molecule has 0 saturated carbocycles. The van der Waals surface area contributed by atoms with E-state index in [9.17, 15) is 13.6 Å². The fourth-order valence-electron chi connectivity index (χ4n) is 1.82. The lowest BCUT2D eigenvalue weighted by atomic mass is 10.1. The van der Waals surface area contributed by atoms with Crippen LogP contribution in [0.1, 0.15) is 12.5 Å². The second kappa shape index (κ2) is 7.78. The van der Waals surface area contributed by atoms with Crippen molar-refractivity contribution in [3.63, 3.8) is 0 Å². The highest BCUT2D eigenvalue weighted by molar-refractivity contribution is 5.80. The molecule has 0 heterocycles. The predicted octanol–water partition coefficient (Wildman–Crippen LogP) is 1.86. The molecule has 0 radical (unpaired) electrons. The minimum absolute atomic E-state index is 0.0213. The quantitative estimate of drug-likeness (QED) is 0.835. The van der Waals surface area contributed by atoms with Crippen LogP contribution in [0.15, 0.2) is 18.2 Å². The highest BCUT2D eigenvalue weighted by Gasteiger charge is 2.18. The number of carbonyl (C=O) groups excluding carboxylic acids is 1. The Kier molecular flexibility index (Phi) is 6.36. The Morgan fingerprint density at radius 3 is 2.57 bits per heavy atom. The Hall–Kier alpha value is -1.89. The van der Waals surface area contributed by atoms with Crippen LogP contribution in [0, 0.1) is 0 Å². The van der Waals surface area contributed by atoms with Crippen molar-refractivity contribution in [3.05, 3.63) is 23.8 Å². The first kappa shape index (κ1) is 17.2. The van der Waals surface area contributed by atoms with E-state index < -0.39 is 12.7 Å². The van der Waals surface area contributed by atoms with Crippen LogP contribution in [0.3, 0.4) is 0 Å². The van der Waals surface area contributed by atoms with Gasteiger partial charge in [-0.1, -0.05) is 12.1 Å². The van der Waals surface area contributed by atoms with Crippen LogP contribution in [0.5, 0.6) is 11.5 Å². The molecule has 0 aromatic heterocycles. The molecule has 0 saturated heterocycles. The Bertz CT molecular complexity index is 481. The number of halogens is 2. The Balaban J connectivity index is 2.85. The first-order valence-electron chi connectivity index (χ1n) is 6.42. The van der Waals surface area contributed by atoms with E-state index in [1.807, 2.05) is 0 Å². The summed E-state index contributed by atoms with van der Waals surface area (Å²) < 4.78 is 34.5. The van der Waals surface area contributed by atoms with E-state index in [1.54, 1.807) is 33.2 Å². The van der Waals surface area contributed by atoms with Gasteiger partial charge >= 0.3 is 6.61 Å². The van der Waals surface area contributed by atoms with Crippen LogP contribution >= 0.6 is 0 Å². The molecule has 0 aliphatic rings. The Morgan fingerprint density at radius 1 is 1.38 bits per heavy atom. The molecule has 5 nitrogen and oxygen atoms in total. The van der Waals surface area contributed by atoms with Crippen LogP contribution in [0.25, 0.3) is 0 Å². The second-order valence-electron chi connectivity index (χ2n) is 4.66. The second-order valence-corrected chi connectivity index (χ2v) is 4.66. The van der Waals surface area contributed by atoms with Gasteiger partial charge in [-0.25, -0.2) is 0 Å². The van der Waals surface area contributed by atoms with Crippen molar-refractivity contribution in [1.82, 2.24) is 10.2 Å². The predicted molar refractivity (Wildman–Crippen MR) is 74.6 cm³/mol. The minimum Gasteiger partial charge on any atom is -0.493 e. The zero-order chi connectivity index (χ0) is 16.0. The van der Waals surface area contributed by atoms with E-state index >= 15 is 0 Å². The van der Waals surface area contributed by atoms with Gasteiger partial charge in [0, 0.05) is 26.2 Å². The SMILES string of the molecule is COc1cccc(CNC(C)C(=O)N(C)C)c1OC(F)F. The number of benzene rings is 1. The molecule has 1 unspecified atom stereocenters. The lowest BCUT2D eigenvalue weighted by Gasteiger charge is -2.19. The van der Waals surface area contributed by atoms with Gasteiger partial charge in [0.2, 0.25) is 5.91 Å². The first-order chi connectivity index (χ1) is 9.86. The lowest BCUT2D eigenvalue weighted by molar-refractivity contribution is -0.130. The number of ether oxygens (including phenoxy) is 2. The van der Waals surface area contributed by atoms with Gasteiger partial charge in [0.15, 0.2) is 11.5 Å². The maximum Gasteiger partial charge on any atom is 0.387 e. The van der Waals surface area contributed by atoms with Crippen LogP contribution in [0.4, 0.5) is 8.78 Å². The molecule has 0 bridgehead atoms. The van der Waals surface area contributed by atoms with Crippen LogP contribution in [-0.2, 0) is 11.3 Å². The summed E-state index contributed by atoms with van der Waals surface area (Å²) in [6.07, 6.45) is 0. The zero-order valence-corrected chi connectivity index (χ0v) is 12.5. The molecule has 1 rings (SSSR count). The summed E-state index contributed by atoms with van der Waals surface area (Å²) in [5.74, 6) is 0.0995. The number of rotatable bonds is 7. The highest BCUT2D eigenvalue weighted by atomic mass is 19.3. The van der Waals surface area contributed by atoms with Gasteiger partial charge in [-0.15, -0.1) is 0 Å². The fraction of sp³-hybridized carbons (Fsp3) is 0.500. The topological polar surface area (TPSA) is 50.8 Å². The third-order valence-corrected chi connectivity index (χ3v) is 2.90. The van der Waals surface area contributed by atoms with Crippen LogP contribution in [-0.4, -0.2) is 44.7 Å². The van der Waals surface area contributed by atoms with E-state index in [1.165, 1.54) is 18.1 Å². The Morgan fingerprint density at radius 2 is 2.05 bits per heavy atom. The van der Waals surface area contributed by atoms with E-state index in [0.717, 1.165) is 0 Å². The van der Waals surface area contributed by atoms with Crippen molar-refractivity contribution in [2.45, 2.75) is 26.1 Å². The number of nitrogens with one attached hydrogen (secondary N) is 1. The molecule has 0 fully saturated rings. The van der Waals surface area contributed by atoms with Crippen molar-refractivity contribution in [3.8, 4) is 11.5 Å². The van der Waals surface area contributed by atoms with Gasteiger partial charge in [-0.3, -0.25) is 4.79 Å². The van der Waals surface area contributed by atoms with Gasteiger partial charge in [0.1, 0.15) is 0 Å². The fourth-order valence-corrected chi connectivity index (χ4v) is 1.82. The van der Waals surface area contributed by atoms with Crippen molar-refractivity contribution in [2.24, 2.45) is 0 Å². The van der Waals surface area contributed by atoms with Crippen molar-refractivity contribution >= 4 is 5.91 Å². The molecule has 1 atom stereocenters. The zero-order valence-electron chi connectivity index (χ0n) is 12.5. The largest absolute Gasteiger partial charge is 0.493 e. The number of amides is 1. The molecule has 1 aromatic rings. The maximum atomic E-state index is 12.5. The number of likely N-dealkylation sites (N-methyl/N-ethyl adjacent to an activating group) is 1. The molecule has 1 N–H and O–H groups in total. The van der Waals surface area contributed by atoms with E-state index in [-0.39, 0.29) is 24.0 Å². The third-order valence-electron chi connectivity index (χ3n) is 2.90. The average molecular weight is 302 g/mol. The third kappa shape index (κ3) is 4.86. The van der Waals surface area contributed by atoms with Gasteiger partial charge in [-0.05, 0) is 13.0 Å². The average Bonchev–Trinajstić information content (AvgIpc) is 2.44. The van der Waals surface area contributed by atoms with E-state index in [2.05, 4.69) is 10.1 Å². The van der Waals surface area contributed by atoms with Crippen molar-refractivity contribution in [1.29, 1.82) is 0 Å². The molecular weight excluding hydrogens is 282 g/mol. The molecular formula is C14H20F2N2O3. The molecule has 118 valence electrons. The summed E-state index contributed by atoms with van der Waals surface area (Å²) in [6.45, 7) is -1.03. The molecule has 0 aliphatic heterocycles. The normalized spacial score (nSPS) is 12.1. The Labute approximate surface area is 122 Å². The number of hydrogen-bond acceptors (Lipinski definition) is 4. The molecule has 1 aromatic carbocycles. The van der Waals surface area contributed by atoms with E-state index in [4.69, 9.17) is 4.74 Å². The van der Waals surface area contributed by atoms with Gasteiger partial charge in [0.25, 0.3) is 0 Å². The highest BCUT2D eigenvalue weighted by Crippen LogP contribution is 2.32. The molecule has 0 spiro atoms. The molecule has 0 aliphatic carbocycles. The number of hydrogen-bond donors (Lipinski definition) is 1. The minimum atomic E-state index is -2.94. The number of carbonyl (C=O) groups is 1. The number of alkyl halides is 2.